The predicted molar refractivity (Wildman–Crippen MR) is 170 cm³/mol. The monoisotopic (exact) mass is 610 g/mol. The normalized spacial score (nSPS) is 14.5. The Morgan fingerprint density at radius 2 is 1.23 bits per heavy atom. The molecule has 1 aliphatic rings. The van der Waals surface area contributed by atoms with E-state index in [4.69, 9.17) is 10.5 Å². The highest BCUT2D eigenvalue weighted by atomic mass is 35.5. The number of urea groups is 1. The van der Waals surface area contributed by atoms with Crippen LogP contribution >= 0.6 is 12.4 Å². The first-order chi connectivity index (χ1) is 20.4. The zero-order valence-electron chi connectivity index (χ0n) is 24.8. The molecule has 0 aliphatic carbocycles. The van der Waals surface area contributed by atoms with Gasteiger partial charge in [-0.1, -0.05) is 91.0 Å². The molecule has 0 spiro atoms. The number of benzene rings is 3. The van der Waals surface area contributed by atoms with Gasteiger partial charge in [0.2, 0.25) is 0 Å². The maximum absolute atomic E-state index is 12.5. The first-order valence-electron chi connectivity index (χ1n) is 14.2. The molecule has 10 heteroatoms. The van der Waals surface area contributed by atoms with E-state index >= 15 is 0 Å². The van der Waals surface area contributed by atoms with Crippen molar-refractivity contribution in [2.45, 2.75) is 50.4 Å². The van der Waals surface area contributed by atoms with Gasteiger partial charge in [-0.05, 0) is 36.0 Å². The van der Waals surface area contributed by atoms with Gasteiger partial charge in [0.1, 0.15) is 12.1 Å². The Kier molecular flexibility index (Phi) is 15.8. The Bertz CT molecular complexity index is 1230. The standard InChI is InChI=1S/C23H29N3O3.C10H13NO2.ClH/c1-29-22(27)21(16-18-8-4-2-5-9-18)25-23(28)24-20-12-14-26(15-13-20)17-19-10-6-3-7-11-19;1-13-10(12)9(11)7-8-5-3-2-4-6-8;/h2-11,20-21H,12-17H2,1H3,(H2,24,25,28);2-6,9H,7,11H2,1H3;1H/t21-;;/m0../s1. The van der Waals surface area contributed by atoms with Gasteiger partial charge in [0.05, 0.1) is 14.2 Å². The van der Waals surface area contributed by atoms with Crippen molar-refractivity contribution in [2.75, 3.05) is 27.3 Å². The third kappa shape index (κ3) is 12.9. The minimum absolute atomic E-state index is 0. The third-order valence-corrected chi connectivity index (χ3v) is 7.05. The van der Waals surface area contributed by atoms with E-state index in [1.54, 1.807) is 0 Å². The number of carbonyl (C=O) groups excluding carboxylic acids is 3. The van der Waals surface area contributed by atoms with Crippen LogP contribution in [0.4, 0.5) is 4.79 Å². The summed E-state index contributed by atoms with van der Waals surface area (Å²) in [5.41, 5.74) is 8.90. The zero-order chi connectivity index (χ0) is 30.2. The van der Waals surface area contributed by atoms with Crippen molar-refractivity contribution in [1.82, 2.24) is 15.5 Å². The number of nitrogens with two attached hydrogens (primary N) is 1. The predicted octanol–water partition coefficient (Wildman–Crippen LogP) is 3.89. The number of esters is 2. The fourth-order valence-corrected chi connectivity index (χ4v) is 4.75. The SMILES string of the molecule is COC(=O)C(N)Cc1ccccc1.COC(=O)[C@H](Cc1ccccc1)NC(=O)NC1CCN(Cc2ccccc2)CC1.Cl. The molecule has 0 aromatic heterocycles. The number of halogens is 1. The lowest BCUT2D eigenvalue weighted by atomic mass is 10.0. The van der Waals surface area contributed by atoms with E-state index in [0.717, 1.165) is 43.6 Å². The number of ether oxygens (including phenoxy) is 2. The molecule has 1 heterocycles. The van der Waals surface area contributed by atoms with Crippen LogP contribution in [-0.2, 0) is 38.4 Å². The quantitative estimate of drug-likeness (QED) is 0.298. The van der Waals surface area contributed by atoms with Crippen molar-refractivity contribution in [1.29, 1.82) is 0 Å². The summed E-state index contributed by atoms with van der Waals surface area (Å²) in [5, 5.41) is 5.79. The summed E-state index contributed by atoms with van der Waals surface area (Å²) in [6.45, 7) is 2.80. The van der Waals surface area contributed by atoms with Crippen molar-refractivity contribution in [3.8, 4) is 0 Å². The summed E-state index contributed by atoms with van der Waals surface area (Å²) >= 11 is 0. The summed E-state index contributed by atoms with van der Waals surface area (Å²) < 4.78 is 9.38. The number of carbonyl (C=O) groups is 3. The molecule has 0 saturated carbocycles. The highest BCUT2D eigenvalue weighted by Gasteiger charge is 2.25. The molecule has 0 radical (unpaired) electrons. The number of nitrogens with zero attached hydrogens (tertiary/aromatic N) is 1. The van der Waals surface area contributed by atoms with Crippen LogP contribution in [0.3, 0.4) is 0 Å². The summed E-state index contributed by atoms with van der Waals surface area (Å²) in [6.07, 6.45) is 2.70. The van der Waals surface area contributed by atoms with E-state index in [1.807, 2.05) is 66.7 Å². The molecule has 232 valence electrons. The van der Waals surface area contributed by atoms with Crippen molar-refractivity contribution in [3.63, 3.8) is 0 Å². The number of methoxy groups -OCH3 is 2. The zero-order valence-corrected chi connectivity index (χ0v) is 25.6. The van der Waals surface area contributed by atoms with Crippen molar-refractivity contribution in [2.24, 2.45) is 5.73 Å². The molecule has 4 N–H and O–H groups in total. The maximum Gasteiger partial charge on any atom is 0.328 e. The van der Waals surface area contributed by atoms with E-state index in [9.17, 15) is 14.4 Å². The van der Waals surface area contributed by atoms with Crippen LogP contribution in [-0.4, -0.2) is 68.3 Å². The second-order valence-electron chi connectivity index (χ2n) is 10.2. The topological polar surface area (TPSA) is 123 Å². The van der Waals surface area contributed by atoms with Gasteiger partial charge in [0, 0.05) is 32.1 Å². The van der Waals surface area contributed by atoms with Crippen LogP contribution in [0.5, 0.6) is 0 Å². The van der Waals surface area contributed by atoms with E-state index in [0.29, 0.717) is 12.8 Å². The van der Waals surface area contributed by atoms with Crippen LogP contribution in [0, 0.1) is 0 Å². The summed E-state index contributed by atoms with van der Waals surface area (Å²) in [4.78, 5) is 37.9. The lowest BCUT2D eigenvalue weighted by molar-refractivity contribution is -0.143. The molecule has 2 atom stereocenters. The molecule has 9 nitrogen and oxygen atoms in total. The van der Waals surface area contributed by atoms with Gasteiger partial charge in [0.15, 0.2) is 0 Å². The Hall–Kier alpha value is -3.92. The van der Waals surface area contributed by atoms with E-state index in [1.165, 1.54) is 19.8 Å². The second-order valence-corrected chi connectivity index (χ2v) is 10.2. The summed E-state index contributed by atoms with van der Waals surface area (Å²) in [6, 6.07) is 28.1. The highest BCUT2D eigenvalue weighted by Crippen LogP contribution is 2.14. The molecular weight excluding hydrogens is 568 g/mol. The number of nitrogens with one attached hydrogen (secondary N) is 2. The average molecular weight is 611 g/mol. The highest BCUT2D eigenvalue weighted by molar-refractivity contribution is 5.85. The lowest BCUT2D eigenvalue weighted by Gasteiger charge is -2.32. The van der Waals surface area contributed by atoms with E-state index in [2.05, 4.69) is 44.5 Å². The Labute approximate surface area is 260 Å². The summed E-state index contributed by atoms with van der Waals surface area (Å²) in [7, 11) is 2.68. The first-order valence-corrected chi connectivity index (χ1v) is 14.2. The third-order valence-electron chi connectivity index (χ3n) is 7.05. The maximum atomic E-state index is 12.5. The molecule has 0 bridgehead atoms. The van der Waals surface area contributed by atoms with Crippen LogP contribution in [0.15, 0.2) is 91.0 Å². The van der Waals surface area contributed by atoms with Crippen molar-refractivity contribution in [3.05, 3.63) is 108 Å². The van der Waals surface area contributed by atoms with E-state index < -0.39 is 18.1 Å². The Balaban J connectivity index is 0.000000388. The molecule has 1 fully saturated rings. The van der Waals surface area contributed by atoms with Crippen LogP contribution in [0.2, 0.25) is 0 Å². The molecule has 3 aromatic rings. The fraction of sp³-hybridized carbons (Fsp3) is 0.364. The van der Waals surface area contributed by atoms with Gasteiger partial charge in [0.25, 0.3) is 0 Å². The number of piperidine rings is 1. The van der Waals surface area contributed by atoms with Gasteiger partial charge in [-0.2, -0.15) is 0 Å². The molecular formula is C33H43ClN4O5. The number of hydrogen-bond acceptors (Lipinski definition) is 7. The van der Waals surface area contributed by atoms with Gasteiger partial charge in [-0.3, -0.25) is 9.69 Å². The molecule has 1 unspecified atom stereocenters. The molecule has 3 aromatic carbocycles. The van der Waals surface area contributed by atoms with Crippen LogP contribution in [0.1, 0.15) is 29.5 Å². The molecule has 1 saturated heterocycles. The lowest BCUT2D eigenvalue weighted by Crippen LogP contribution is -2.52. The van der Waals surface area contributed by atoms with Gasteiger partial charge in [-0.15, -0.1) is 12.4 Å². The second kappa shape index (κ2) is 19.3. The minimum atomic E-state index is -0.708. The molecule has 1 aliphatic heterocycles. The van der Waals surface area contributed by atoms with Crippen LogP contribution in [0.25, 0.3) is 0 Å². The number of rotatable bonds is 10. The Morgan fingerprint density at radius 1 is 0.767 bits per heavy atom. The van der Waals surface area contributed by atoms with Crippen LogP contribution < -0.4 is 16.4 Å². The average Bonchev–Trinajstić information content (AvgIpc) is 3.02. The van der Waals surface area contributed by atoms with E-state index in [-0.39, 0.29) is 30.4 Å². The van der Waals surface area contributed by atoms with Crippen molar-refractivity contribution >= 4 is 30.4 Å². The first kappa shape index (κ1) is 35.3. The number of likely N-dealkylation sites (tertiary alicyclic amines) is 1. The minimum Gasteiger partial charge on any atom is -0.468 e. The fourth-order valence-electron chi connectivity index (χ4n) is 4.75. The van der Waals surface area contributed by atoms with Gasteiger partial charge >= 0.3 is 18.0 Å². The van der Waals surface area contributed by atoms with Gasteiger partial charge in [-0.25, -0.2) is 9.59 Å². The Morgan fingerprint density at radius 3 is 1.72 bits per heavy atom. The molecule has 2 amide bonds. The number of hydrogen-bond donors (Lipinski definition) is 3. The van der Waals surface area contributed by atoms with Gasteiger partial charge < -0.3 is 25.8 Å². The largest absolute Gasteiger partial charge is 0.468 e. The summed E-state index contributed by atoms with van der Waals surface area (Å²) in [5.74, 6) is -0.814. The molecule has 43 heavy (non-hydrogen) atoms. The number of amides is 2. The van der Waals surface area contributed by atoms with Crippen molar-refractivity contribution < 1.29 is 23.9 Å². The smallest absolute Gasteiger partial charge is 0.328 e. The molecule has 4 rings (SSSR count).